The third-order valence-electron chi connectivity index (χ3n) is 2.94. The molecule has 2 heterocycles. The highest BCUT2D eigenvalue weighted by Crippen LogP contribution is 2.40. The standard InChI is InChI=1S/C13H10N4OS/c14-5-8-1-3-9(4-2-8)12-10-6-15-17-13(10)16-11(18)7-19-12/h1-4,6,12H,7H2,(H2,15,16,17,18). The predicted octanol–water partition coefficient (Wildman–Crippen LogP) is 2.06. The number of H-pyrrole nitrogens is 1. The summed E-state index contributed by atoms with van der Waals surface area (Å²) in [6, 6.07) is 9.51. The fourth-order valence-electron chi connectivity index (χ4n) is 2.03. The highest BCUT2D eigenvalue weighted by atomic mass is 32.2. The number of rotatable bonds is 1. The zero-order valence-electron chi connectivity index (χ0n) is 9.88. The first kappa shape index (κ1) is 11.8. The number of nitrogens with one attached hydrogen (secondary N) is 2. The lowest BCUT2D eigenvalue weighted by atomic mass is 10.1. The first-order valence-electron chi connectivity index (χ1n) is 5.72. The molecule has 2 aromatic rings. The van der Waals surface area contributed by atoms with Crippen LogP contribution in [0.1, 0.15) is 21.9 Å². The van der Waals surface area contributed by atoms with Crippen LogP contribution in [0.3, 0.4) is 0 Å². The molecule has 0 saturated heterocycles. The van der Waals surface area contributed by atoms with Gasteiger partial charge in [0.1, 0.15) is 5.82 Å². The Hall–Kier alpha value is -2.26. The number of thioether (sulfide) groups is 1. The van der Waals surface area contributed by atoms with Gasteiger partial charge in [-0.1, -0.05) is 12.1 Å². The molecule has 1 aromatic heterocycles. The number of carbonyl (C=O) groups excluding carboxylic acids is 1. The highest BCUT2D eigenvalue weighted by Gasteiger charge is 2.25. The van der Waals surface area contributed by atoms with Gasteiger partial charge in [-0.2, -0.15) is 10.4 Å². The summed E-state index contributed by atoms with van der Waals surface area (Å²) in [5.74, 6) is 1.02. The van der Waals surface area contributed by atoms with E-state index in [9.17, 15) is 4.79 Å². The lowest BCUT2D eigenvalue weighted by Gasteiger charge is -2.13. The molecular formula is C13H10N4OS. The van der Waals surface area contributed by atoms with Gasteiger partial charge in [-0.05, 0) is 17.7 Å². The second kappa shape index (κ2) is 4.78. The Balaban J connectivity index is 2.00. The maximum atomic E-state index is 11.6. The summed E-state index contributed by atoms with van der Waals surface area (Å²) in [7, 11) is 0. The van der Waals surface area contributed by atoms with E-state index in [1.54, 1.807) is 30.1 Å². The largest absolute Gasteiger partial charge is 0.310 e. The number of fused-ring (bicyclic) bond motifs is 1. The number of anilines is 1. The Kier molecular flexibility index (Phi) is 2.97. The maximum absolute atomic E-state index is 11.6. The van der Waals surface area contributed by atoms with E-state index < -0.39 is 0 Å². The van der Waals surface area contributed by atoms with Crippen LogP contribution in [0.2, 0.25) is 0 Å². The molecule has 1 unspecified atom stereocenters. The fourth-order valence-corrected chi connectivity index (χ4v) is 3.12. The van der Waals surface area contributed by atoms with Crippen LogP contribution < -0.4 is 5.32 Å². The third kappa shape index (κ3) is 2.20. The summed E-state index contributed by atoms with van der Waals surface area (Å²) < 4.78 is 0. The minimum Gasteiger partial charge on any atom is -0.310 e. The summed E-state index contributed by atoms with van der Waals surface area (Å²) in [5, 5.41) is 18.4. The molecule has 0 aliphatic carbocycles. The van der Waals surface area contributed by atoms with Crippen molar-refractivity contribution >= 4 is 23.5 Å². The van der Waals surface area contributed by atoms with Crippen molar-refractivity contribution in [1.82, 2.24) is 10.2 Å². The average Bonchev–Trinajstić information content (AvgIpc) is 2.82. The number of aromatic nitrogens is 2. The smallest absolute Gasteiger partial charge is 0.235 e. The third-order valence-corrected chi connectivity index (χ3v) is 4.23. The minimum absolute atomic E-state index is 0.0355. The van der Waals surface area contributed by atoms with Crippen LogP contribution in [0.15, 0.2) is 30.5 Å². The molecule has 1 aliphatic heterocycles. The molecule has 5 nitrogen and oxygen atoms in total. The minimum atomic E-state index is -0.0355. The number of nitrogens with zero attached hydrogens (tertiary/aromatic N) is 2. The molecule has 1 amide bonds. The van der Waals surface area contributed by atoms with Gasteiger partial charge >= 0.3 is 0 Å². The van der Waals surface area contributed by atoms with Crippen molar-refractivity contribution in [3.63, 3.8) is 0 Å². The van der Waals surface area contributed by atoms with Gasteiger partial charge in [0.05, 0.1) is 28.8 Å². The van der Waals surface area contributed by atoms with Gasteiger partial charge in [-0.3, -0.25) is 9.89 Å². The molecule has 0 saturated carbocycles. The number of aromatic amines is 1. The van der Waals surface area contributed by atoms with Crippen molar-refractivity contribution in [2.24, 2.45) is 0 Å². The van der Waals surface area contributed by atoms with E-state index >= 15 is 0 Å². The van der Waals surface area contributed by atoms with E-state index in [1.807, 2.05) is 12.1 Å². The molecule has 0 spiro atoms. The molecule has 0 radical (unpaired) electrons. The van der Waals surface area contributed by atoms with E-state index in [4.69, 9.17) is 5.26 Å². The molecule has 1 atom stereocenters. The first-order chi connectivity index (χ1) is 9.28. The van der Waals surface area contributed by atoms with E-state index in [0.29, 0.717) is 17.1 Å². The quantitative estimate of drug-likeness (QED) is 0.831. The molecular weight excluding hydrogens is 260 g/mol. The molecule has 0 fully saturated rings. The Morgan fingerprint density at radius 2 is 2.16 bits per heavy atom. The summed E-state index contributed by atoms with van der Waals surface area (Å²) in [4.78, 5) is 11.6. The summed E-state index contributed by atoms with van der Waals surface area (Å²) in [6.07, 6.45) is 1.73. The number of amides is 1. The monoisotopic (exact) mass is 270 g/mol. The Morgan fingerprint density at radius 3 is 2.89 bits per heavy atom. The van der Waals surface area contributed by atoms with E-state index in [2.05, 4.69) is 21.6 Å². The first-order valence-corrected chi connectivity index (χ1v) is 6.77. The van der Waals surface area contributed by atoms with Crippen LogP contribution in [-0.4, -0.2) is 21.9 Å². The SMILES string of the molecule is N#Cc1ccc(C2SCC(=O)Nc3[nH]ncc32)cc1. The lowest BCUT2D eigenvalue weighted by molar-refractivity contribution is -0.113. The number of benzene rings is 1. The van der Waals surface area contributed by atoms with Crippen molar-refractivity contribution in [2.45, 2.75) is 5.25 Å². The lowest BCUT2D eigenvalue weighted by Crippen LogP contribution is -2.12. The van der Waals surface area contributed by atoms with Gasteiger partial charge in [0.25, 0.3) is 0 Å². The second-order valence-corrected chi connectivity index (χ2v) is 5.27. The molecule has 94 valence electrons. The molecule has 2 N–H and O–H groups in total. The predicted molar refractivity (Wildman–Crippen MR) is 72.7 cm³/mol. The van der Waals surface area contributed by atoms with Gasteiger partial charge in [0, 0.05) is 5.56 Å². The van der Waals surface area contributed by atoms with Crippen LogP contribution in [0, 0.1) is 11.3 Å². The summed E-state index contributed by atoms with van der Waals surface area (Å²) >= 11 is 1.55. The van der Waals surface area contributed by atoms with Crippen molar-refractivity contribution in [1.29, 1.82) is 5.26 Å². The Labute approximate surface area is 114 Å². The fraction of sp³-hybridized carbons (Fsp3) is 0.154. The van der Waals surface area contributed by atoms with Crippen molar-refractivity contribution in [2.75, 3.05) is 11.1 Å². The Morgan fingerprint density at radius 1 is 1.37 bits per heavy atom. The zero-order chi connectivity index (χ0) is 13.2. The van der Waals surface area contributed by atoms with Crippen LogP contribution >= 0.6 is 11.8 Å². The number of hydrogen-bond donors (Lipinski definition) is 2. The van der Waals surface area contributed by atoms with E-state index in [0.717, 1.165) is 11.1 Å². The number of hydrogen-bond acceptors (Lipinski definition) is 4. The molecule has 6 heteroatoms. The maximum Gasteiger partial charge on any atom is 0.235 e. The van der Waals surface area contributed by atoms with Crippen molar-refractivity contribution < 1.29 is 4.79 Å². The average molecular weight is 270 g/mol. The molecule has 0 bridgehead atoms. The molecule has 1 aromatic carbocycles. The van der Waals surface area contributed by atoms with Crippen molar-refractivity contribution in [3.8, 4) is 6.07 Å². The normalized spacial score (nSPS) is 18.1. The van der Waals surface area contributed by atoms with Crippen molar-refractivity contribution in [3.05, 3.63) is 47.2 Å². The van der Waals surface area contributed by atoms with E-state index in [-0.39, 0.29) is 11.2 Å². The molecule has 19 heavy (non-hydrogen) atoms. The van der Waals surface area contributed by atoms with Gasteiger partial charge < -0.3 is 5.32 Å². The van der Waals surface area contributed by atoms with Crippen LogP contribution in [0.4, 0.5) is 5.82 Å². The van der Waals surface area contributed by atoms with Crippen LogP contribution in [0.5, 0.6) is 0 Å². The summed E-state index contributed by atoms with van der Waals surface area (Å²) in [5.41, 5.74) is 2.65. The number of carbonyl (C=O) groups is 1. The summed E-state index contributed by atoms with van der Waals surface area (Å²) in [6.45, 7) is 0. The zero-order valence-corrected chi connectivity index (χ0v) is 10.7. The molecule has 1 aliphatic rings. The topological polar surface area (TPSA) is 81.6 Å². The van der Waals surface area contributed by atoms with Crippen LogP contribution in [-0.2, 0) is 4.79 Å². The molecule has 3 rings (SSSR count). The number of nitriles is 1. The van der Waals surface area contributed by atoms with Gasteiger partial charge in [0.15, 0.2) is 0 Å². The van der Waals surface area contributed by atoms with Gasteiger partial charge in [0.2, 0.25) is 5.91 Å². The van der Waals surface area contributed by atoms with E-state index in [1.165, 1.54) is 0 Å². The highest BCUT2D eigenvalue weighted by molar-refractivity contribution is 8.00. The Bertz CT molecular complexity index is 656. The van der Waals surface area contributed by atoms with Gasteiger partial charge in [-0.25, -0.2) is 0 Å². The second-order valence-electron chi connectivity index (χ2n) is 4.17. The van der Waals surface area contributed by atoms with Crippen LogP contribution in [0.25, 0.3) is 0 Å². The van der Waals surface area contributed by atoms with Gasteiger partial charge in [-0.15, -0.1) is 11.8 Å².